The smallest absolute Gasteiger partial charge is 0.404 e. The highest BCUT2D eigenvalue weighted by molar-refractivity contribution is 7.47. The second-order valence-electron chi connectivity index (χ2n) is 3.05. The number of hydrogen-bond donors (Lipinski definition) is 4. The predicted molar refractivity (Wildman–Crippen MR) is 58.4 cm³/mol. The molecule has 1 aromatic carbocycles. The van der Waals surface area contributed by atoms with E-state index in [1.54, 1.807) is 0 Å². The summed E-state index contributed by atoms with van der Waals surface area (Å²) in [6.45, 7) is 0. The molecule has 0 unspecified atom stereocenters. The zero-order valence-corrected chi connectivity index (χ0v) is 10.6. The van der Waals surface area contributed by atoms with Crippen molar-refractivity contribution in [2.24, 2.45) is 0 Å². The summed E-state index contributed by atoms with van der Waals surface area (Å²) in [5, 5.41) is 10.6. The number of nitrogens with zero attached hydrogens (tertiary/aromatic N) is 1. The number of phosphoric ester groups is 2. The van der Waals surface area contributed by atoms with Crippen molar-refractivity contribution in [3.05, 3.63) is 28.3 Å². The Labute approximate surface area is 105 Å². The maximum Gasteiger partial charge on any atom is 0.525 e. The molecule has 0 heterocycles. The molecule has 0 atom stereocenters. The fourth-order valence-corrected chi connectivity index (χ4v) is 1.84. The number of rotatable bonds is 5. The van der Waals surface area contributed by atoms with Gasteiger partial charge in [0.25, 0.3) is 0 Å². The highest BCUT2D eigenvalue weighted by Gasteiger charge is 2.26. The molecule has 13 heteroatoms. The second-order valence-corrected chi connectivity index (χ2v) is 5.38. The van der Waals surface area contributed by atoms with Crippen molar-refractivity contribution in [3.8, 4) is 11.5 Å². The summed E-state index contributed by atoms with van der Waals surface area (Å²) in [5.41, 5.74) is -0.922. The van der Waals surface area contributed by atoms with Crippen molar-refractivity contribution in [2.75, 3.05) is 0 Å². The lowest BCUT2D eigenvalue weighted by Gasteiger charge is -2.09. The van der Waals surface area contributed by atoms with Gasteiger partial charge in [-0.25, -0.2) is 9.13 Å². The minimum Gasteiger partial charge on any atom is -0.404 e. The summed E-state index contributed by atoms with van der Waals surface area (Å²) in [6.07, 6.45) is 0. The van der Waals surface area contributed by atoms with Gasteiger partial charge in [0.05, 0.1) is 11.0 Å². The molecule has 0 aliphatic carbocycles. The topological polar surface area (TPSA) is 177 Å². The van der Waals surface area contributed by atoms with Crippen LogP contribution in [0.3, 0.4) is 0 Å². The SMILES string of the molecule is O=[N+]([O-])c1cc(OP(=O)(O)O)ccc1OP(=O)(O)O. The first-order valence-electron chi connectivity index (χ1n) is 4.27. The molecule has 0 fully saturated rings. The lowest BCUT2D eigenvalue weighted by atomic mass is 10.3. The van der Waals surface area contributed by atoms with E-state index in [9.17, 15) is 19.2 Å². The maximum absolute atomic E-state index is 10.6. The highest BCUT2D eigenvalue weighted by atomic mass is 31.2. The summed E-state index contributed by atoms with van der Waals surface area (Å²) >= 11 is 0. The standard InChI is InChI=1S/C6H7NO10P2/c8-7(9)5-3-4(16-18(10,11)12)1-2-6(5)17-19(13,14)15/h1-3H,(H2,10,11,12)(H2,13,14,15). The lowest BCUT2D eigenvalue weighted by molar-refractivity contribution is -0.385. The monoisotopic (exact) mass is 315 g/mol. The van der Waals surface area contributed by atoms with Crippen molar-refractivity contribution in [2.45, 2.75) is 0 Å². The largest absolute Gasteiger partial charge is 0.525 e. The molecule has 0 saturated heterocycles. The van der Waals surface area contributed by atoms with Gasteiger partial charge in [-0.1, -0.05) is 0 Å². The van der Waals surface area contributed by atoms with Crippen LogP contribution < -0.4 is 9.05 Å². The summed E-state index contributed by atoms with van der Waals surface area (Å²) in [7, 11) is -9.92. The van der Waals surface area contributed by atoms with Crippen LogP contribution >= 0.6 is 15.6 Å². The van der Waals surface area contributed by atoms with Gasteiger partial charge in [0.2, 0.25) is 5.75 Å². The van der Waals surface area contributed by atoms with E-state index in [2.05, 4.69) is 9.05 Å². The molecule has 1 rings (SSSR count). The van der Waals surface area contributed by atoms with Crippen molar-refractivity contribution in [1.29, 1.82) is 0 Å². The molecule has 1 aromatic rings. The summed E-state index contributed by atoms with van der Waals surface area (Å²) in [4.78, 5) is 43.7. The van der Waals surface area contributed by atoms with Crippen molar-refractivity contribution in [1.82, 2.24) is 0 Å². The first kappa shape index (κ1) is 15.6. The maximum atomic E-state index is 10.6. The van der Waals surface area contributed by atoms with Crippen molar-refractivity contribution >= 4 is 21.3 Å². The summed E-state index contributed by atoms with van der Waals surface area (Å²) in [5.74, 6) is -1.32. The van der Waals surface area contributed by atoms with Gasteiger partial charge < -0.3 is 9.05 Å². The fourth-order valence-electron chi connectivity index (χ4n) is 1.04. The van der Waals surface area contributed by atoms with E-state index in [-0.39, 0.29) is 0 Å². The molecule has 11 nitrogen and oxygen atoms in total. The molecule has 0 bridgehead atoms. The van der Waals surface area contributed by atoms with Crippen LogP contribution in [0.15, 0.2) is 18.2 Å². The second kappa shape index (κ2) is 5.25. The van der Waals surface area contributed by atoms with Crippen LogP contribution in [-0.4, -0.2) is 24.5 Å². The van der Waals surface area contributed by atoms with Crippen LogP contribution in [0.1, 0.15) is 0 Å². The minimum absolute atomic E-state index is 0.557. The number of nitro groups is 1. The van der Waals surface area contributed by atoms with Gasteiger partial charge in [-0.3, -0.25) is 29.7 Å². The van der Waals surface area contributed by atoms with Crippen LogP contribution in [0, 0.1) is 10.1 Å². The van der Waals surface area contributed by atoms with Gasteiger partial charge >= 0.3 is 21.3 Å². The van der Waals surface area contributed by atoms with Gasteiger partial charge in [0.15, 0.2) is 0 Å². The van der Waals surface area contributed by atoms with E-state index >= 15 is 0 Å². The zero-order chi connectivity index (χ0) is 14.8. The summed E-state index contributed by atoms with van der Waals surface area (Å²) < 4.78 is 29.3. The normalized spacial score (nSPS) is 12.0. The van der Waals surface area contributed by atoms with Gasteiger partial charge in [-0.2, -0.15) is 0 Å². The Morgan fingerprint density at radius 2 is 1.58 bits per heavy atom. The molecule has 0 aliphatic heterocycles. The van der Waals surface area contributed by atoms with E-state index in [0.717, 1.165) is 12.1 Å². The van der Waals surface area contributed by atoms with Crippen molar-refractivity contribution in [3.63, 3.8) is 0 Å². The first-order valence-corrected chi connectivity index (χ1v) is 7.33. The minimum atomic E-state index is -5.01. The van der Waals surface area contributed by atoms with E-state index in [1.165, 1.54) is 0 Å². The third kappa shape index (κ3) is 5.35. The van der Waals surface area contributed by atoms with Crippen LogP contribution in [0.25, 0.3) is 0 Å². The molecule has 0 saturated carbocycles. The molecule has 0 aliphatic rings. The fraction of sp³-hybridized carbons (Fsp3) is 0. The molecular formula is C6H7NO10P2. The van der Waals surface area contributed by atoms with Crippen LogP contribution in [0.2, 0.25) is 0 Å². The Kier molecular flexibility index (Phi) is 4.31. The molecule has 0 spiro atoms. The van der Waals surface area contributed by atoms with Crippen molar-refractivity contribution < 1.29 is 42.7 Å². The van der Waals surface area contributed by atoms with Gasteiger partial charge in [-0.05, 0) is 12.1 Å². The van der Waals surface area contributed by atoms with Crippen LogP contribution in [-0.2, 0) is 9.13 Å². The van der Waals surface area contributed by atoms with E-state index < -0.39 is 37.8 Å². The molecule has 106 valence electrons. The predicted octanol–water partition coefficient (Wildman–Crippen LogP) is 0.538. The first-order chi connectivity index (χ1) is 8.48. The third-order valence-electron chi connectivity index (χ3n) is 1.57. The molecular weight excluding hydrogens is 308 g/mol. The Hall–Kier alpha value is -1.48. The molecule has 4 N–H and O–H groups in total. The average Bonchev–Trinajstić information content (AvgIpc) is 2.15. The van der Waals surface area contributed by atoms with Gasteiger partial charge in [0.1, 0.15) is 5.75 Å². The molecule has 0 amide bonds. The van der Waals surface area contributed by atoms with Gasteiger partial charge in [-0.15, -0.1) is 0 Å². The Balaban J connectivity index is 3.19. The number of phosphoric acid groups is 2. The molecule has 19 heavy (non-hydrogen) atoms. The average molecular weight is 315 g/mol. The van der Waals surface area contributed by atoms with E-state index in [4.69, 9.17) is 19.6 Å². The zero-order valence-electron chi connectivity index (χ0n) is 8.81. The molecule has 0 radical (unpaired) electrons. The molecule has 0 aromatic heterocycles. The van der Waals surface area contributed by atoms with E-state index in [1.807, 2.05) is 0 Å². The Bertz CT molecular complexity index is 588. The number of hydrogen-bond acceptors (Lipinski definition) is 6. The van der Waals surface area contributed by atoms with Crippen LogP contribution in [0.5, 0.6) is 11.5 Å². The van der Waals surface area contributed by atoms with Gasteiger partial charge in [0, 0.05) is 0 Å². The number of nitro benzene ring substituents is 1. The lowest BCUT2D eigenvalue weighted by Crippen LogP contribution is -1.97. The Morgan fingerprint density at radius 3 is 2.00 bits per heavy atom. The quantitative estimate of drug-likeness (QED) is 0.340. The number of benzene rings is 1. The third-order valence-corrected chi connectivity index (χ3v) is 2.45. The van der Waals surface area contributed by atoms with Crippen LogP contribution in [0.4, 0.5) is 5.69 Å². The summed E-state index contributed by atoms with van der Waals surface area (Å²) in [6, 6.07) is 2.14. The highest BCUT2D eigenvalue weighted by Crippen LogP contribution is 2.45. The van der Waals surface area contributed by atoms with E-state index in [0.29, 0.717) is 6.07 Å². The Morgan fingerprint density at radius 1 is 1.05 bits per heavy atom.